The average molecular weight is 232 g/mol. The van der Waals surface area contributed by atoms with Crippen molar-refractivity contribution < 1.29 is 0 Å². The van der Waals surface area contributed by atoms with E-state index in [2.05, 4.69) is 20.6 Å². The minimum atomic E-state index is -0.155. The van der Waals surface area contributed by atoms with Crippen molar-refractivity contribution in [2.75, 3.05) is 25.0 Å². The maximum Gasteiger partial charge on any atom is 0.323 e. The summed E-state index contributed by atoms with van der Waals surface area (Å²) in [5, 5.41) is 6.76. The van der Waals surface area contributed by atoms with Crippen LogP contribution in [0.2, 0.25) is 0 Å². The molecule has 4 N–H and O–H groups in total. The summed E-state index contributed by atoms with van der Waals surface area (Å²) in [6.07, 6.45) is 1.23. The lowest BCUT2D eigenvalue weighted by Gasteiger charge is -2.11. The number of hydrogen-bond donors (Lipinski definition) is 4. The lowest BCUT2D eigenvalue weighted by molar-refractivity contribution is 0.615. The van der Waals surface area contributed by atoms with E-state index in [4.69, 9.17) is 0 Å². The number of aromatic amines is 2. The van der Waals surface area contributed by atoms with Crippen molar-refractivity contribution in [1.82, 2.24) is 15.3 Å². The first-order valence-corrected chi connectivity index (χ1v) is 5.98. The molecule has 1 saturated heterocycles. The predicted molar refractivity (Wildman–Crippen MR) is 68.4 cm³/mol. The second-order valence-corrected chi connectivity index (χ2v) is 4.58. The van der Waals surface area contributed by atoms with Gasteiger partial charge in [-0.05, 0) is 43.6 Å². The van der Waals surface area contributed by atoms with Gasteiger partial charge >= 0.3 is 5.69 Å². The van der Waals surface area contributed by atoms with E-state index < -0.39 is 0 Å². The summed E-state index contributed by atoms with van der Waals surface area (Å²) >= 11 is 0. The van der Waals surface area contributed by atoms with Gasteiger partial charge in [0, 0.05) is 12.2 Å². The van der Waals surface area contributed by atoms with Crippen LogP contribution in [0.5, 0.6) is 0 Å². The molecule has 1 aromatic heterocycles. The molecular weight excluding hydrogens is 216 g/mol. The number of aromatic nitrogens is 2. The highest BCUT2D eigenvalue weighted by molar-refractivity contribution is 5.78. The second-order valence-electron chi connectivity index (χ2n) is 4.58. The van der Waals surface area contributed by atoms with E-state index in [0.29, 0.717) is 5.92 Å². The Labute approximate surface area is 98.6 Å². The standard InChI is InChI=1S/C12H16N4O/c17-12-15-10-2-1-9(5-11(10)16-12)14-7-8-3-4-13-6-8/h1-2,5,8,13-14H,3-4,6-7H2,(H2,15,16,17). The van der Waals surface area contributed by atoms with Crippen molar-refractivity contribution in [3.05, 3.63) is 28.7 Å². The predicted octanol–water partition coefficient (Wildman–Crippen LogP) is 0.878. The van der Waals surface area contributed by atoms with Gasteiger partial charge in [-0.1, -0.05) is 0 Å². The van der Waals surface area contributed by atoms with Gasteiger partial charge in [0.25, 0.3) is 0 Å². The van der Waals surface area contributed by atoms with Crippen LogP contribution in [0.1, 0.15) is 6.42 Å². The summed E-state index contributed by atoms with van der Waals surface area (Å²) in [4.78, 5) is 16.6. The van der Waals surface area contributed by atoms with Gasteiger partial charge in [-0.25, -0.2) is 4.79 Å². The van der Waals surface area contributed by atoms with Gasteiger partial charge in [0.15, 0.2) is 0 Å². The molecule has 2 heterocycles. The fourth-order valence-corrected chi connectivity index (χ4v) is 2.29. The number of rotatable bonds is 3. The minimum absolute atomic E-state index is 0.155. The Balaban J connectivity index is 1.73. The molecule has 0 saturated carbocycles. The zero-order valence-corrected chi connectivity index (χ0v) is 9.55. The zero-order valence-electron chi connectivity index (χ0n) is 9.55. The van der Waals surface area contributed by atoms with Crippen molar-refractivity contribution in [3.8, 4) is 0 Å². The lowest BCUT2D eigenvalue weighted by Crippen LogP contribution is -2.17. The second kappa shape index (κ2) is 4.25. The van der Waals surface area contributed by atoms with E-state index >= 15 is 0 Å². The number of benzene rings is 1. The first-order valence-electron chi connectivity index (χ1n) is 5.98. The van der Waals surface area contributed by atoms with Crippen LogP contribution in [-0.4, -0.2) is 29.6 Å². The van der Waals surface area contributed by atoms with Crippen LogP contribution in [0, 0.1) is 5.92 Å². The van der Waals surface area contributed by atoms with Crippen molar-refractivity contribution in [2.45, 2.75) is 6.42 Å². The van der Waals surface area contributed by atoms with E-state index in [0.717, 1.165) is 36.4 Å². The molecule has 1 aliphatic rings. The molecule has 1 unspecified atom stereocenters. The van der Waals surface area contributed by atoms with Gasteiger partial charge in [-0.15, -0.1) is 0 Å². The van der Waals surface area contributed by atoms with Crippen LogP contribution in [0.4, 0.5) is 5.69 Å². The molecule has 1 aliphatic heterocycles. The third kappa shape index (κ3) is 2.19. The molecule has 1 aromatic carbocycles. The maximum atomic E-state index is 11.1. The van der Waals surface area contributed by atoms with Crippen molar-refractivity contribution in [1.29, 1.82) is 0 Å². The Morgan fingerprint density at radius 1 is 1.29 bits per heavy atom. The summed E-state index contributed by atoms with van der Waals surface area (Å²) < 4.78 is 0. The Morgan fingerprint density at radius 2 is 2.18 bits per heavy atom. The van der Waals surface area contributed by atoms with Crippen LogP contribution in [-0.2, 0) is 0 Å². The van der Waals surface area contributed by atoms with Crippen LogP contribution in [0.3, 0.4) is 0 Å². The molecule has 0 bridgehead atoms. The van der Waals surface area contributed by atoms with Crippen LogP contribution < -0.4 is 16.3 Å². The Kier molecular flexibility index (Phi) is 2.60. The topological polar surface area (TPSA) is 72.7 Å². The minimum Gasteiger partial charge on any atom is -0.385 e. The molecule has 3 rings (SSSR count). The molecule has 90 valence electrons. The van der Waals surface area contributed by atoms with E-state index in [1.165, 1.54) is 6.42 Å². The van der Waals surface area contributed by atoms with Gasteiger partial charge < -0.3 is 20.6 Å². The molecule has 5 nitrogen and oxygen atoms in total. The number of fused-ring (bicyclic) bond motifs is 1. The van der Waals surface area contributed by atoms with Crippen molar-refractivity contribution >= 4 is 16.7 Å². The molecule has 0 spiro atoms. The fraction of sp³-hybridized carbons (Fsp3) is 0.417. The van der Waals surface area contributed by atoms with Crippen LogP contribution in [0.25, 0.3) is 11.0 Å². The van der Waals surface area contributed by atoms with E-state index in [1.54, 1.807) is 0 Å². The number of imidazole rings is 1. The number of hydrogen-bond acceptors (Lipinski definition) is 3. The van der Waals surface area contributed by atoms with Crippen LogP contribution in [0.15, 0.2) is 23.0 Å². The highest BCUT2D eigenvalue weighted by Gasteiger charge is 2.13. The quantitative estimate of drug-likeness (QED) is 0.634. The number of nitrogens with one attached hydrogen (secondary N) is 4. The molecule has 5 heteroatoms. The average Bonchev–Trinajstić information content (AvgIpc) is 2.92. The molecule has 1 fully saturated rings. The Hall–Kier alpha value is -1.75. The summed E-state index contributed by atoms with van der Waals surface area (Å²) in [5.74, 6) is 0.705. The molecule has 1 atom stereocenters. The molecule has 17 heavy (non-hydrogen) atoms. The lowest BCUT2D eigenvalue weighted by atomic mass is 10.1. The zero-order chi connectivity index (χ0) is 11.7. The van der Waals surface area contributed by atoms with Gasteiger partial charge in [0.2, 0.25) is 0 Å². The Bertz CT molecular complexity index is 565. The highest BCUT2D eigenvalue weighted by atomic mass is 16.1. The summed E-state index contributed by atoms with van der Waals surface area (Å²) in [5.41, 5.74) is 2.60. The normalized spacial score (nSPS) is 19.9. The van der Waals surface area contributed by atoms with Gasteiger partial charge in [-0.2, -0.15) is 0 Å². The smallest absolute Gasteiger partial charge is 0.323 e. The summed E-state index contributed by atoms with van der Waals surface area (Å²) in [6.45, 7) is 3.19. The van der Waals surface area contributed by atoms with Gasteiger partial charge in [-0.3, -0.25) is 0 Å². The highest BCUT2D eigenvalue weighted by Crippen LogP contribution is 2.16. The van der Waals surface area contributed by atoms with Crippen molar-refractivity contribution in [2.24, 2.45) is 5.92 Å². The number of anilines is 1. The summed E-state index contributed by atoms with van der Waals surface area (Å²) in [7, 11) is 0. The van der Waals surface area contributed by atoms with E-state index in [1.807, 2.05) is 18.2 Å². The molecule has 0 radical (unpaired) electrons. The van der Waals surface area contributed by atoms with Crippen molar-refractivity contribution in [3.63, 3.8) is 0 Å². The molecular formula is C12H16N4O. The largest absolute Gasteiger partial charge is 0.385 e. The van der Waals surface area contributed by atoms with Gasteiger partial charge in [0.05, 0.1) is 11.0 Å². The monoisotopic (exact) mass is 232 g/mol. The molecule has 0 aliphatic carbocycles. The van der Waals surface area contributed by atoms with E-state index in [9.17, 15) is 4.79 Å². The summed E-state index contributed by atoms with van der Waals surface area (Å²) in [6, 6.07) is 5.88. The molecule has 2 aromatic rings. The van der Waals surface area contributed by atoms with Gasteiger partial charge in [0.1, 0.15) is 0 Å². The van der Waals surface area contributed by atoms with Crippen LogP contribution >= 0.6 is 0 Å². The Morgan fingerprint density at radius 3 is 3.00 bits per heavy atom. The third-order valence-electron chi connectivity index (χ3n) is 3.27. The number of H-pyrrole nitrogens is 2. The first-order chi connectivity index (χ1) is 8.31. The third-order valence-corrected chi connectivity index (χ3v) is 3.27. The maximum absolute atomic E-state index is 11.1. The first kappa shape index (κ1) is 10.4. The van der Waals surface area contributed by atoms with E-state index in [-0.39, 0.29) is 5.69 Å². The fourth-order valence-electron chi connectivity index (χ4n) is 2.29. The SMILES string of the molecule is O=c1[nH]c2ccc(NCC3CCNC3)cc2[nH]1. The molecule has 0 amide bonds.